The summed E-state index contributed by atoms with van der Waals surface area (Å²) in [4.78, 5) is 42.3. The van der Waals surface area contributed by atoms with Gasteiger partial charge < -0.3 is 19.2 Å². The number of aromatic amines is 1. The van der Waals surface area contributed by atoms with Gasteiger partial charge in [0, 0.05) is 23.5 Å². The number of fused-ring (bicyclic) bond motifs is 1. The summed E-state index contributed by atoms with van der Waals surface area (Å²) in [5.41, 5.74) is -0.132. The number of amides is 2. The smallest absolute Gasteiger partial charge is 0.420 e. The Morgan fingerprint density at radius 1 is 0.967 bits per heavy atom. The SMILES string of the molecule is COC(=O)[C@@H](Cc1c[nH]c2ccccc12)N(C(=O)OC(C)(C)C)C(=O)OC(C)(C)C. The Hall–Kier alpha value is -3.03. The summed E-state index contributed by atoms with van der Waals surface area (Å²) >= 11 is 0. The molecule has 8 heteroatoms. The van der Waals surface area contributed by atoms with Crippen molar-refractivity contribution in [3.63, 3.8) is 0 Å². The lowest BCUT2D eigenvalue weighted by Gasteiger charge is -2.32. The molecule has 0 fully saturated rings. The highest BCUT2D eigenvalue weighted by molar-refractivity contribution is 5.95. The van der Waals surface area contributed by atoms with E-state index < -0.39 is 35.4 Å². The molecule has 0 aliphatic heterocycles. The maximum absolute atomic E-state index is 12.9. The molecule has 1 heterocycles. The first kappa shape index (κ1) is 23.3. The molecule has 1 aromatic heterocycles. The molecule has 0 saturated carbocycles. The predicted molar refractivity (Wildman–Crippen MR) is 112 cm³/mol. The third kappa shape index (κ3) is 5.98. The summed E-state index contributed by atoms with van der Waals surface area (Å²) in [7, 11) is 1.20. The fourth-order valence-electron chi connectivity index (χ4n) is 2.88. The second-order valence-corrected chi connectivity index (χ2v) is 8.93. The lowest BCUT2D eigenvalue weighted by atomic mass is 10.0. The van der Waals surface area contributed by atoms with E-state index in [1.54, 1.807) is 47.7 Å². The maximum atomic E-state index is 12.9. The van der Waals surface area contributed by atoms with Crippen LogP contribution in [0.4, 0.5) is 9.59 Å². The number of carbonyl (C=O) groups excluding carboxylic acids is 3. The zero-order chi connectivity index (χ0) is 22.7. The van der Waals surface area contributed by atoms with E-state index >= 15 is 0 Å². The largest absolute Gasteiger partial charge is 0.467 e. The minimum atomic E-state index is -1.26. The molecule has 1 N–H and O–H groups in total. The van der Waals surface area contributed by atoms with Crippen LogP contribution in [0.15, 0.2) is 30.5 Å². The summed E-state index contributed by atoms with van der Waals surface area (Å²) in [6.45, 7) is 10.0. The average Bonchev–Trinajstić information content (AvgIpc) is 3.00. The van der Waals surface area contributed by atoms with Crippen molar-refractivity contribution in [3.05, 3.63) is 36.0 Å². The van der Waals surface area contributed by atoms with Gasteiger partial charge in [0.2, 0.25) is 0 Å². The van der Waals surface area contributed by atoms with Gasteiger partial charge in [0.1, 0.15) is 17.2 Å². The number of carbonyl (C=O) groups is 3. The second kappa shape index (κ2) is 8.77. The number of nitrogens with one attached hydrogen (secondary N) is 1. The third-order valence-corrected chi connectivity index (χ3v) is 4.05. The van der Waals surface area contributed by atoms with Crippen LogP contribution in [0, 0.1) is 0 Å². The molecule has 2 aromatic rings. The van der Waals surface area contributed by atoms with Crippen molar-refractivity contribution in [2.75, 3.05) is 7.11 Å². The molecular formula is C22H30N2O6. The highest BCUT2D eigenvalue weighted by atomic mass is 16.6. The van der Waals surface area contributed by atoms with Crippen LogP contribution in [0.5, 0.6) is 0 Å². The van der Waals surface area contributed by atoms with Crippen LogP contribution in [0.25, 0.3) is 10.9 Å². The quantitative estimate of drug-likeness (QED) is 0.583. The van der Waals surface area contributed by atoms with Gasteiger partial charge in [-0.1, -0.05) is 18.2 Å². The van der Waals surface area contributed by atoms with Crippen molar-refractivity contribution in [1.29, 1.82) is 0 Å². The second-order valence-electron chi connectivity index (χ2n) is 8.93. The first-order valence-corrected chi connectivity index (χ1v) is 9.70. The molecule has 0 aliphatic carbocycles. The Labute approximate surface area is 176 Å². The first-order valence-electron chi connectivity index (χ1n) is 9.70. The molecule has 0 radical (unpaired) electrons. The van der Waals surface area contributed by atoms with Crippen molar-refractivity contribution in [2.24, 2.45) is 0 Å². The monoisotopic (exact) mass is 418 g/mol. The molecule has 0 spiro atoms. The van der Waals surface area contributed by atoms with Crippen molar-refractivity contribution in [2.45, 2.75) is 65.2 Å². The standard InChI is InChI=1S/C22H30N2O6/c1-21(2,3)29-19(26)24(20(27)30-22(4,5)6)17(18(25)28-7)12-14-13-23-16-11-9-8-10-15(14)16/h8-11,13,17,23H,12H2,1-7H3/t17-/m1/s1. The minimum absolute atomic E-state index is 0.0369. The van der Waals surface area contributed by atoms with Crippen LogP contribution >= 0.6 is 0 Å². The number of aromatic nitrogens is 1. The van der Waals surface area contributed by atoms with E-state index in [2.05, 4.69) is 4.98 Å². The zero-order valence-electron chi connectivity index (χ0n) is 18.6. The van der Waals surface area contributed by atoms with Crippen molar-refractivity contribution < 1.29 is 28.6 Å². The summed E-state index contributed by atoms with van der Waals surface area (Å²) in [5.74, 6) is -0.753. The molecule has 0 aliphatic rings. The van der Waals surface area contributed by atoms with Crippen LogP contribution in [0.1, 0.15) is 47.1 Å². The number of benzene rings is 1. The highest BCUT2D eigenvalue weighted by Crippen LogP contribution is 2.24. The molecule has 0 unspecified atom stereocenters. The van der Waals surface area contributed by atoms with Crippen LogP contribution in [-0.2, 0) is 25.4 Å². The van der Waals surface area contributed by atoms with Gasteiger partial charge in [-0.2, -0.15) is 4.90 Å². The van der Waals surface area contributed by atoms with Gasteiger partial charge in [-0.3, -0.25) is 0 Å². The predicted octanol–water partition coefficient (Wildman–Crippen LogP) is 4.42. The Kier molecular flexibility index (Phi) is 6.80. The van der Waals surface area contributed by atoms with E-state index in [1.165, 1.54) is 7.11 Å². The third-order valence-electron chi connectivity index (χ3n) is 4.05. The van der Waals surface area contributed by atoms with E-state index in [0.29, 0.717) is 4.90 Å². The number of hydrogen-bond donors (Lipinski definition) is 1. The lowest BCUT2D eigenvalue weighted by molar-refractivity contribution is -0.146. The van der Waals surface area contributed by atoms with E-state index in [1.807, 2.05) is 24.3 Å². The molecule has 1 atom stereocenters. The normalized spacial score (nSPS) is 12.9. The molecular weight excluding hydrogens is 388 g/mol. The van der Waals surface area contributed by atoms with Crippen molar-refractivity contribution in [3.8, 4) is 0 Å². The number of methoxy groups -OCH3 is 1. The fourth-order valence-corrected chi connectivity index (χ4v) is 2.88. The van der Waals surface area contributed by atoms with Gasteiger partial charge in [-0.15, -0.1) is 0 Å². The van der Waals surface area contributed by atoms with Gasteiger partial charge >= 0.3 is 18.2 Å². The fraction of sp³-hybridized carbons (Fsp3) is 0.500. The van der Waals surface area contributed by atoms with Gasteiger partial charge in [0.05, 0.1) is 7.11 Å². The molecule has 164 valence electrons. The van der Waals surface area contributed by atoms with E-state index in [-0.39, 0.29) is 6.42 Å². The highest BCUT2D eigenvalue weighted by Gasteiger charge is 2.41. The van der Waals surface area contributed by atoms with Crippen LogP contribution in [0.3, 0.4) is 0 Å². The number of para-hydroxylation sites is 1. The Morgan fingerprint density at radius 3 is 2.00 bits per heavy atom. The number of ether oxygens (including phenoxy) is 3. The number of nitrogens with zero attached hydrogens (tertiary/aromatic N) is 1. The Morgan fingerprint density at radius 2 is 1.50 bits per heavy atom. The van der Waals surface area contributed by atoms with Crippen LogP contribution < -0.4 is 0 Å². The molecule has 2 rings (SSSR count). The van der Waals surface area contributed by atoms with Crippen LogP contribution in [-0.4, -0.2) is 52.4 Å². The van der Waals surface area contributed by atoms with Crippen LogP contribution in [0.2, 0.25) is 0 Å². The molecule has 1 aromatic carbocycles. The average molecular weight is 418 g/mol. The number of H-pyrrole nitrogens is 1. The zero-order valence-corrected chi connectivity index (χ0v) is 18.6. The van der Waals surface area contributed by atoms with Crippen molar-refractivity contribution >= 4 is 29.1 Å². The molecule has 8 nitrogen and oxygen atoms in total. The maximum Gasteiger partial charge on any atom is 0.420 e. The first-order chi connectivity index (χ1) is 13.8. The van der Waals surface area contributed by atoms with Gasteiger partial charge in [0.25, 0.3) is 0 Å². The van der Waals surface area contributed by atoms with Crippen molar-refractivity contribution in [1.82, 2.24) is 9.88 Å². The molecule has 0 bridgehead atoms. The number of esters is 1. The summed E-state index contributed by atoms with van der Waals surface area (Å²) in [5, 5.41) is 0.875. The van der Waals surface area contributed by atoms with Gasteiger partial charge in [0.15, 0.2) is 0 Å². The number of imide groups is 1. The lowest BCUT2D eigenvalue weighted by Crippen LogP contribution is -2.53. The number of hydrogen-bond acceptors (Lipinski definition) is 6. The van der Waals surface area contributed by atoms with E-state index in [9.17, 15) is 14.4 Å². The summed E-state index contributed by atoms with van der Waals surface area (Å²) in [6, 6.07) is 6.27. The molecule has 30 heavy (non-hydrogen) atoms. The number of rotatable bonds is 4. The Balaban J connectivity index is 2.48. The Bertz CT molecular complexity index is 892. The topological polar surface area (TPSA) is 97.9 Å². The van der Waals surface area contributed by atoms with Gasteiger partial charge in [-0.05, 0) is 53.2 Å². The summed E-state index contributed by atoms with van der Waals surface area (Å²) in [6.07, 6.45) is -0.183. The van der Waals surface area contributed by atoms with E-state index in [0.717, 1.165) is 16.5 Å². The van der Waals surface area contributed by atoms with Gasteiger partial charge in [-0.25, -0.2) is 14.4 Å². The molecule has 2 amide bonds. The molecule has 0 saturated heterocycles. The van der Waals surface area contributed by atoms with E-state index in [4.69, 9.17) is 14.2 Å². The summed E-state index contributed by atoms with van der Waals surface area (Å²) < 4.78 is 15.7. The minimum Gasteiger partial charge on any atom is -0.467 e.